The second kappa shape index (κ2) is 5.46. The van der Waals surface area contributed by atoms with E-state index in [0.717, 1.165) is 25.5 Å². The van der Waals surface area contributed by atoms with Crippen LogP contribution in [0.3, 0.4) is 0 Å². The van der Waals surface area contributed by atoms with E-state index in [0.29, 0.717) is 0 Å². The Morgan fingerprint density at radius 2 is 2.12 bits per heavy atom. The molecule has 0 bridgehead atoms. The van der Waals surface area contributed by atoms with Crippen LogP contribution in [0.4, 0.5) is 0 Å². The maximum absolute atomic E-state index is 4.34. The first-order valence-corrected chi connectivity index (χ1v) is 5.85. The molecule has 0 saturated heterocycles. The molecular formula is C12H24N4. The second-order valence-electron chi connectivity index (χ2n) is 4.94. The van der Waals surface area contributed by atoms with Gasteiger partial charge in [0.15, 0.2) is 0 Å². The molecule has 0 spiro atoms. The normalized spacial score (nSPS) is 12.4. The molecule has 1 aromatic rings. The van der Waals surface area contributed by atoms with Gasteiger partial charge in [0.2, 0.25) is 0 Å². The fraction of sp³-hybridized carbons (Fsp3) is 0.750. The standard InChI is InChI=1S/C12H24N4/c1-6-16-8-7-14-11(16)9-13-10-12(2,3)15(4)5/h7-8,13H,6,9-10H2,1-5H3. The number of hydrogen-bond donors (Lipinski definition) is 1. The monoisotopic (exact) mass is 224 g/mol. The van der Waals surface area contributed by atoms with Gasteiger partial charge in [-0.1, -0.05) is 0 Å². The van der Waals surface area contributed by atoms with Gasteiger partial charge < -0.3 is 14.8 Å². The topological polar surface area (TPSA) is 33.1 Å². The van der Waals surface area contributed by atoms with Crippen LogP contribution in [0.2, 0.25) is 0 Å². The molecule has 0 aliphatic carbocycles. The van der Waals surface area contributed by atoms with Gasteiger partial charge in [0.1, 0.15) is 5.82 Å². The molecule has 0 radical (unpaired) electrons. The van der Waals surface area contributed by atoms with Crippen LogP contribution in [0, 0.1) is 0 Å². The van der Waals surface area contributed by atoms with Crippen molar-refractivity contribution in [1.29, 1.82) is 0 Å². The van der Waals surface area contributed by atoms with E-state index in [4.69, 9.17) is 0 Å². The SMILES string of the molecule is CCn1ccnc1CNCC(C)(C)N(C)C. The zero-order valence-electron chi connectivity index (χ0n) is 11.1. The molecular weight excluding hydrogens is 200 g/mol. The highest BCUT2D eigenvalue weighted by atomic mass is 15.2. The quantitative estimate of drug-likeness (QED) is 0.791. The Morgan fingerprint density at radius 3 is 2.69 bits per heavy atom. The van der Waals surface area contributed by atoms with Gasteiger partial charge in [-0.3, -0.25) is 0 Å². The smallest absolute Gasteiger partial charge is 0.122 e. The predicted molar refractivity (Wildman–Crippen MR) is 67.4 cm³/mol. The molecule has 1 rings (SSSR count). The summed E-state index contributed by atoms with van der Waals surface area (Å²) in [5, 5.41) is 3.46. The lowest BCUT2D eigenvalue weighted by atomic mass is 10.0. The van der Waals surface area contributed by atoms with Crippen LogP contribution in [0.5, 0.6) is 0 Å². The Kier molecular flexibility index (Phi) is 4.50. The number of likely N-dealkylation sites (N-methyl/N-ethyl adjacent to an activating group) is 1. The fourth-order valence-electron chi connectivity index (χ4n) is 1.43. The molecule has 0 unspecified atom stereocenters. The van der Waals surface area contributed by atoms with Crippen molar-refractivity contribution >= 4 is 0 Å². The molecule has 0 saturated carbocycles. The predicted octanol–water partition coefficient (Wildman–Crippen LogP) is 1.33. The van der Waals surface area contributed by atoms with Gasteiger partial charge in [0.05, 0.1) is 6.54 Å². The van der Waals surface area contributed by atoms with Crippen LogP contribution in [0.15, 0.2) is 12.4 Å². The Morgan fingerprint density at radius 1 is 1.44 bits per heavy atom. The van der Waals surface area contributed by atoms with Gasteiger partial charge in [0.25, 0.3) is 0 Å². The van der Waals surface area contributed by atoms with Gasteiger partial charge >= 0.3 is 0 Å². The molecule has 0 amide bonds. The van der Waals surface area contributed by atoms with Crippen LogP contribution in [-0.4, -0.2) is 40.6 Å². The summed E-state index contributed by atoms with van der Waals surface area (Å²) in [7, 11) is 4.21. The summed E-state index contributed by atoms with van der Waals surface area (Å²) in [5.41, 5.74) is 0.170. The molecule has 16 heavy (non-hydrogen) atoms. The molecule has 4 heteroatoms. The van der Waals surface area contributed by atoms with Gasteiger partial charge in [-0.05, 0) is 34.9 Å². The lowest BCUT2D eigenvalue weighted by Gasteiger charge is -2.32. The third-order valence-corrected chi connectivity index (χ3v) is 3.19. The van der Waals surface area contributed by atoms with Gasteiger partial charge in [-0.2, -0.15) is 0 Å². The van der Waals surface area contributed by atoms with E-state index < -0.39 is 0 Å². The third-order valence-electron chi connectivity index (χ3n) is 3.19. The van der Waals surface area contributed by atoms with Gasteiger partial charge in [-0.25, -0.2) is 4.98 Å². The lowest BCUT2D eigenvalue weighted by Crippen LogP contribution is -2.46. The van der Waals surface area contributed by atoms with Crippen molar-refractivity contribution in [2.45, 2.75) is 39.4 Å². The van der Waals surface area contributed by atoms with Crippen molar-refractivity contribution in [3.05, 3.63) is 18.2 Å². The largest absolute Gasteiger partial charge is 0.334 e. The number of aryl methyl sites for hydroxylation is 1. The Bertz CT molecular complexity index is 315. The number of rotatable bonds is 6. The van der Waals surface area contributed by atoms with E-state index >= 15 is 0 Å². The highest BCUT2D eigenvalue weighted by Crippen LogP contribution is 2.08. The van der Waals surface area contributed by atoms with Crippen LogP contribution in [0.25, 0.3) is 0 Å². The zero-order chi connectivity index (χ0) is 12.2. The van der Waals surface area contributed by atoms with Crippen molar-refractivity contribution < 1.29 is 0 Å². The van der Waals surface area contributed by atoms with Crippen LogP contribution in [-0.2, 0) is 13.1 Å². The summed E-state index contributed by atoms with van der Waals surface area (Å²) in [6.07, 6.45) is 3.88. The lowest BCUT2D eigenvalue weighted by molar-refractivity contribution is 0.189. The van der Waals surface area contributed by atoms with E-state index in [1.54, 1.807) is 0 Å². The highest BCUT2D eigenvalue weighted by Gasteiger charge is 2.19. The number of imidazole rings is 1. The molecule has 92 valence electrons. The number of aromatic nitrogens is 2. The molecule has 4 nitrogen and oxygen atoms in total. The first kappa shape index (κ1) is 13.2. The van der Waals surface area contributed by atoms with E-state index in [2.05, 4.69) is 54.6 Å². The summed E-state index contributed by atoms with van der Waals surface area (Å²) in [5.74, 6) is 1.11. The van der Waals surface area contributed by atoms with E-state index in [1.807, 2.05) is 12.4 Å². The Balaban J connectivity index is 2.41. The van der Waals surface area contributed by atoms with Crippen molar-refractivity contribution in [1.82, 2.24) is 19.8 Å². The second-order valence-corrected chi connectivity index (χ2v) is 4.94. The van der Waals surface area contributed by atoms with Crippen LogP contribution >= 0.6 is 0 Å². The van der Waals surface area contributed by atoms with E-state index in [9.17, 15) is 0 Å². The summed E-state index contributed by atoms with van der Waals surface area (Å²) >= 11 is 0. The van der Waals surface area contributed by atoms with Gasteiger partial charge in [-0.15, -0.1) is 0 Å². The number of hydrogen-bond acceptors (Lipinski definition) is 3. The molecule has 1 N–H and O–H groups in total. The molecule has 0 fully saturated rings. The summed E-state index contributed by atoms with van der Waals surface area (Å²) in [6, 6.07) is 0. The maximum Gasteiger partial charge on any atom is 0.122 e. The number of nitrogens with one attached hydrogen (secondary N) is 1. The molecule has 0 aliphatic rings. The first-order valence-electron chi connectivity index (χ1n) is 5.85. The molecule has 1 heterocycles. The minimum Gasteiger partial charge on any atom is -0.334 e. The molecule has 0 aromatic carbocycles. The summed E-state index contributed by atoms with van der Waals surface area (Å²) < 4.78 is 2.16. The number of nitrogens with zero attached hydrogens (tertiary/aromatic N) is 3. The van der Waals surface area contributed by atoms with E-state index in [-0.39, 0.29) is 5.54 Å². The Labute approximate surface area is 98.7 Å². The van der Waals surface area contributed by atoms with Crippen molar-refractivity contribution in [2.24, 2.45) is 0 Å². The third kappa shape index (κ3) is 3.32. The van der Waals surface area contributed by atoms with E-state index in [1.165, 1.54) is 0 Å². The average Bonchev–Trinajstić information content (AvgIpc) is 2.64. The zero-order valence-corrected chi connectivity index (χ0v) is 11.1. The average molecular weight is 224 g/mol. The minimum atomic E-state index is 0.170. The van der Waals surface area contributed by atoms with Crippen LogP contribution in [0.1, 0.15) is 26.6 Å². The summed E-state index contributed by atoms with van der Waals surface area (Å²) in [4.78, 5) is 6.57. The Hall–Kier alpha value is -0.870. The van der Waals surface area contributed by atoms with Gasteiger partial charge in [0, 0.05) is 31.0 Å². The van der Waals surface area contributed by atoms with Crippen molar-refractivity contribution in [2.75, 3.05) is 20.6 Å². The first-order chi connectivity index (χ1) is 7.47. The summed E-state index contributed by atoms with van der Waals surface area (Å²) in [6.45, 7) is 9.36. The molecule has 0 atom stereocenters. The van der Waals surface area contributed by atoms with Crippen LogP contribution < -0.4 is 5.32 Å². The highest BCUT2D eigenvalue weighted by molar-refractivity contribution is 4.92. The fourth-order valence-corrected chi connectivity index (χ4v) is 1.43. The minimum absolute atomic E-state index is 0.170. The van der Waals surface area contributed by atoms with Crippen molar-refractivity contribution in [3.63, 3.8) is 0 Å². The molecule has 0 aliphatic heterocycles. The molecule has 1 aromatic heterocycles. The maximum atomic E-state index is 4.34. The van der Waals surface area contributed by atoms with Crippen molar-refractivity contribution in [3.8, 4) is 0 Å².